The van der Waals surface area contributed by atoms with Gasteiger partial charge in [-0.25, -0.2) is 4.98 Å². The summed E-state index contributed by atoms with van der Waals surface area (Å²) in [5.41, 5.74) is -0.422. The number of carbonyl (C=O) groups is 1. The number of carboxylic acids is 1. The number of H-pyrrole nitrogens is 1. The predicted octanol–water partition coefficient (Wildman–Crippen LogP) is 5.52. The molecule has 4 rings (SSSR count). The Bertz CT molecular complexity index is 1270. The highest BCUT2D eigenvalue weighted by atomic mass is 35.5. The van der Waals surface area contributed by atoms with E-state index in [4.69, 9.17) is 11.6 Å². The Hall–Kier alpha value is -3.00. The second kappa shape index (κ2) is 6.25. The van der Waals surface area contributed by atoms with E-state index in [1.165, 1.54) is 19.9 Å². The molecule has 0 fully saturated rings. The summed E-state index contributed by atoms with van der Waals surface area (Å²) in [5, 5.41) is 10.2. The van der Waals surface area contributed by atoms with E-state index in [1.807, 2.05) is 0 Å². The first kappa shape index (κ1) is 19.3. The van der Waals surface area contributed by atoms with Crippen molar-refractivity contribution in [3.8, 4) is 11.1 Å². The van der Waals surface area contributed by atoms with Gasteiger partial charge in [-0.1, -0.05) is 29.8 Å². The summed E-state index contributed by atoms with van der Waals surface area (Å²) in [6, 6.07) is 9.35. The summed E-state index contributed by atoms with van der Waals surface area (Å²) in [7, 11) is 0. The normalized spacial score (nSPS) is 12.8. The van der Waals surface area contributed by atoms with Crippen molar-refractivity contribution in [3.05, 3.63) is 59.1 Å². The largest absolute Gasteiger partial charge is 0.481 e. The Morgan fingerprint density at radius 3 is 2.52 bits per heavy atom. The number of benzene rings is 1. The summed E-state index contributed by atoms with van der Waals surface area (Å²) < 4.78 is 41.3. The molecule has 9 heteroatoms. The molecule has 0 saturated heterocycles. The van der Waals surface area contributed by atoms with Gasteiger partial charge in [-0.3, -0.25) is 9.20 Å². The molecule has 5 nitrogen and oxygen atoms in total. The van der Waals surface area contributed by atoms with Gasteiger partial charge < -0.3 is 10.1 Å². The SMILES string of the molecule is CC(C)(C(=O)O)c1[nH]c2ccccc2c1-c1ccc(C(F)(F)F)n2c(Cl)cnc12. The molecule has 2 N–H and O–H groups in total. The highest BCUT2D eigenvalue weighted by molar-refractivity contribution is 6.30. The van der Waals surface area contributed by atoms with Gasteiger partial charge in [0, 0.05) is 27.7 Å². The molecular formula is C20H15ClF3N3O2. The lowest BCUT2D eigenvalue weighted by molar-refractivity contribution is -0.143. The van der Waals surface area contributed by atoms with Gasteiger partial charge in [0.1, 0.15) is 21.9 Å². The Labute approximate surface area is 167 Å². The van der Waals surface area contributed by atoms with E-state index in [2.05, 4.69) is 9.97 Å². The zero-order valence-electron chi connectivity index (χ0n) is 15.3. The fourth-order valence-corrected chi connectivity index (χ4v) is 3.70. The van der Waals surface area contributed by atoms with Crippen molar-refractivity contribution in [3.63, 3.8) is 0 Å². The van der Waals surface area contributed by atoms with Crippen LogP contribution in [-0.2, 0) is 16.4 Å². The molecule has 4 aromatic rings. The lowest BCUT2D eigenvalue weighted by Crippen LogP contribution is -2.29. The number of aromatic nitrogens is 3. The van der Waals surface area contributed by atoms with Crippen LogP contribution in [0.25, 0.3) is 27.7 Å². The number of pyridine rings is 1. The molecule has 0 radical (unpaired) electrons. The Morgan fingerprint density at radius 2 is 1.86 bits per heavy atom. The van der Waals surface area contributed by atoms with Crippen LogP contribution in [0, 0.1) is 0 Å². The van der Waals surface area contributed by atoms with Crippen LogP contribution in [0.2, 0.25) is 5.15 Å². The first-order chi connectivity index (χ1) is 13.5. The third-order valence-electron chi connectivity index (χ3n) is 5.03. The highest BCUT2D eigenvalue weighted by Gasteiger charge is 2.38. The zero-order chi connectivity index (χ0) is 21.1. The molecular weight excluding hydrogens is 407 g/mol. The van der Waals surface area contributed by atoms with E-state index in [-0.39, 0.29) is 10.8 Å². The van der Waals surface area contributed by atoms with Gasteiger partial charge in [-0.2, -0.15) is 13.2 Å². The predicted molar refractivity (Wildman–Crippen MR) is 103 cm³/mol. The highest BCUT2D eigenvalue weighted by Crippen LogP contribution is 2.42. The fraction of sp³-hybridized carbons (Fsp3) is 0.200. The van der Waals surface area contributed by atoms with Gasteiger partial charge in [0.2, 0.25) is 0 Å². The number of hydrogen-bond acceptors (Lipinski definition) is 2. The second-order valence-electron chi connectivity index (χ2n) is 7.22. The van der Waals surface area contributed by atoms with Gasteiger partial charge in [0.05, 0.1) is 6.20 Å². The summed E-state index contributed by atoms with van der Waals surface area (Å²) in [6.07, 6.45) is -3.49. The smallest absolute Gasteiger partial charge is 0.431 e. The average Bonchev–Trinajstić information content (AvgIpc) is 3.22. The van der Waals surface area contributed by atoms with Crippen molar-refractivity contribution in [2.75, 3.05) is 0 Å². The number of para-hydroxylation sites is 1. The molecule has 1 aromatic carbocycles. The minimum Gasteiger partial charge on any atom is -0.481 e. The number of aromatic amines is 1. The summed E-state index contributed by atoms with van der Waals surface area (Å²) >= 11 is 6.01. The number of nitrogens with one attached hydrogen (secondary N) is 1. The fourth-order valence-electron chi connectivity index (χ4n) is 3.48. The summed E-state index contributed by atoms with van der Waals surface area (Å²) in [5.74, 6) is -1.07. The minimum absolute atomic E-state index is 0.00276. The Morgan fingerprint density at radius 1 is 1.17 bits per heavy atom. The zero-order valence-corrected chi connectivity index (χ0v) is 16.1. The molecule has 3 heterocycles. The number of hydrogen-bond donors (Lipinski definition) is 2. The van der Waals surface area contributed by atoms with Gasteiger partial charge >= 0.3 is 12.1 Å². The van der Waals surface area contributed by atoms with Gasteiger partial charge in [-0.15, -0.1) is 0 Å². The van der Waals surface area contributed by atoms with Crippen LogP contribution < -0.4 is 0 Å². The standard InChI is InChI=1S/C20H15ClF3N3O2/c1-19(2,18(28)29)16-15(10-5-3-4-6-12(10)26-16)11-7-8-13(20(22,23)24)27-14(21)9-25-17(11)27/h3-9,26H,1-2H3,(H,28,29). The number of halogens is 4. The maximum absolute atomic E-state index is 13.5. The summed E-state index contributed by atoms with van der Waals surface area (Å²) in [4.78, 5) is 19.1. The van der Waals surface area contributed by atoms with Crippen molar-refractivity contribution >= 4 is 34.1 Å². The number of carboxylic acid groups (broad SMARTS) is 1. The topological polar surface area (TPSA) is 70.4 Å². The molecule has 0 saturated carbocycles. The van der Waals surface area contributed by atoms with Gasteiger partial charge in [0.15, 0.2) is 0 Å². The lowest BCUT2D eigenvalue weighted by atomic mass is 9.84. The average molecular weight is 422 g/mol. The Balaban J connectivity index is 2.14. The van der Waals surface area contributed by atoms with Crippen LogP contribution in [0.5, 0.6) is 0 Å². The van der Waals surface area contributed by atoms with E-state index in [1.54, 1.807) is 24.3 Å². The lowest BCUT2D eigenvalue weighted by Gasteiger charge is -2.21. The number of fused-ring (bicyclic) bond motifs is 2. The van der Waals surface area contributed by atoms with Crippen molar-refractivity contribution in [2.45, 2.75) is 25.4 Å². The third kappa shape index (κ3) is 2.86. The van der Waals surface area contributed by atoms with E-state index in [0.29, 0.717) is 27.7 Å². The second-order valence-corrected chi connectivity index (χ2v) is 7.61. The van der Waals surface area contributed by atoms with E-state index in [0.717, 1.165) is 16.7 Å². The number of alkyl halides is 3. The minimum atomic E-state index is -4.63. The first-order valence-corrected chi connectivity index (χ1v) is 8.99. The maximum Gasteiger partial charge on any atom is 0.431 e. The van der Waals surface area contributed by atoms with Crippen molar-refractivity contribution < 1.29 is 23.1 Å². The third-order valence-corrected chi connectivity index (χ3v) is 5.30. The molecule has 0 aliphatic carbocycles. The molecule has 0 aliphatic rings. The quantitative estimate of drug-likeness (QED) is 0.457. The van der Waals surface area contributed by atoms with Crippen LogP contribution in [0.15, 0.2) is 42.6 Å². The van der Waals surface area contributed by atoms with E-state index < -0.39 is 23.3 Å². The summed E-state index contributed by atoms with van der Waals surface area (Å²) in [6.45, 7) is 3.06. The molecule has 0 unspecified atom stereocenters. The van der Waals surface area contributed by atoms with Crippen molar-refractivity contribution in [2.24, 2.45) is 0 Å². The maximum atomic E-state index is 13.5. The van der Waals surface area contributed by atoms with Crippen molar-refractivity contribution in [1.29, 1.82) is 0 Å². The van der Waals surface area contributed by atoms with Gasteiger partial charge in [-0.05, 0) is 32.0 Å². The number of aliphatic carboxylic acids is 1. The number of imidazole rings is 1. The molecule has 0 aliphatic heterocycles. The number of nitrogens with zero attached hydrogens (tertiary/aromatic N) is 2. The molecule has 0 atom stereocenters. The number of rotatable bonds is 3. The van der Waals surface area contributed by atoms with Gasteiger partial charge in [0.25, 0.3) is 0 Å². The molecule has 150 valence electrons. The molecule has 0 amide bonds. The van der Waals surface area contributed by atoms with E-state index >= 15 is 0 Å². The molecule has 29 heavy (non-hydrogen) atoms. The van der Waals surface area contributed by atoms with Crippen LogP contribution >= 0.6 is 11.6 Å². The van der Waals surface area contributed by atoms with Crippen molar-refractivity contribution in [1.82, 2.24) is 14.4 Å². The Kier molecular flexibility index (Phi) is 4.16. The first-order valence-electron chi connectivity index (χ1n) is 8.61. The molecule has 0 bridgehead atoms. The monoisotopic (exact) mass is 421 g/mol. The molecule has 3 aromatic heterocycles. The molecule has 0 spiro atoms. The van der Waals surface area contributed by atoms with Crippen LogP contribution in [0.4, 0.5) is 13.2 Å². The van der Waals surface area contributed by atoms with Crippen LogP contribution in [0.1, 0.15) is 25.2 Å². The van der Waals surface area contributed by atoms with E-state index in [9.17, 15) is 23.1 Å². The van der Waals surface area contributed by atoms with Crippen LogP contribution in [0.3, 0.4) is 0 Å². The van der Waals surface area contributed by atoms with Crippen LogP contribution in [-0.4, -0.2) is 25.4 Å².